The molecule has 1 aliphatic rings. The number of aliphatic hydroxyl groups is 1. The van der Waals surface area contributed by atoms with Crippen LogP contribution in [0, 0.1) is 12.8 Å². The Hall–Kier alpha value is -1.40. The molecule has 6 nitrogen and oxygen atoms in total. The molecule has 2 unspecified atom stereocenters. The fourth-order valence-electron chi connectivity index (χ4n) is 2.07. The van der Waals surface area contributed by atoms with Gasteiger partial charge in [-0.15, -0.1) is 0 Å². The van der Waals surface area contributed by atoms with Crippen molar-refractivity contribution < 1.29 is 14.4 Å². The molecule has 1 aromatic rings. The van der Waals surface area contributed by atoms with E-state index in [1.54, 1.807) is 13.0 Å². The summed E-state index contributed by atoms with van der Waals surface area (Å²) in [7, 11) is 0. The van der Waals surface area contributed by atoms with Crippen molar-refractivity contribution in [1.82, 2.24) is 10.1 Å². The van der Waals surface area contributed by atoms with Gasteiger partial charge in [0, 0.05) is 12.6 Å². The molecular formula is C12H19N3O3. The Bertz CT molecular complexity index is 418. The van der Waals surface area contributed by atoms with E-state index in [1.165, 1.54) is 0 Å². The Morgan fingerprint density at radius 1 is 1.72 bits per heavy atom. The lowest BCUT2D eigenvalue weighted by molar-refractivity contribution is -0.118. The highest BCUT2D eigenvalue weighted by atomic mass is 16.5. The van der Waals surface area contributed by atoms with Crippen LogP contribution in [0.4, 0.5) is 5.82 Å². The molecule has 0 spiro atoms. The first kappa shape index (κ1) is 13.0. The normalized spacial score (nSPS) is 25.1. The summed E-state index contributed by atoms with van der Waals surface area (Å²) in [5.74, 6) is 1.27. The molecule has 6 heteroatoms. The second kappa shape index (κ2) is 5.49. The maximum Gasteiger partial charge on any atom is 0.239 e. The Labute approximate surface area is 106 Å². The number of nitrogens with one attached hydrogen (secondary N) is 1. The average Bonchev–Trinajstić information content (AvgIpc) is 2.69. The molecule has 1 aromatic heterocycles. The van der Waals surface area contributed by atoms with Crippen molar-refractivity contribution in [3.8, 4) is 0 Å². The van der Waals surface area contributed by atoms with Crippen LogP contribution >= 0.6 is 0 Å². The van der Waals surface area contributed by atoms with E-state index in [1.807, 2.05) is 11.8 Å². The fraction of sp³-hybridized carbons (Fsp3) is 0.667. The van der Waals surface area contributed by atoms with Gasteiger partial charge >= 0.3 is 0 Å². The minimum absolute atomic E-state index is 0.134. The van der Waals surface area contributed by atoms with E-state index < -0.39 is 0 Å². The van der Waals surface area contributed by atoms with Gasteiger partial charge in [-0.3, -0.25) is 9.69 Å². The first-order chi connectivity index (χ1) is 8.54. The monoisotopic (exact) mass is 253 g/mol. The van der Waals surface area contributed by atoms with E-state index in [9.17, 15) is 9.90 Å². The molecule has 1 amide bonds. The number of rotatable bonds is 3. The zero-order chi connectivity index (χ0) is 13.1. The molecule has 18 heavy (non-hydrogen) atoms. The SMILES string of the molecule is Cc1cc(NC(=O)CN2CCC(C)C(O)C2)no1. The molecule has 2 rings (SSSR count). The van der Waals surface area contributed by atoms with Gasteiger partial charge in [0.1, 0.15) is 5.76 Å². The van der Waals surface area contributed by atoms with E-state index in [-0.39, 0.29) is 18.6 Å². The van der Waals surface area contributed by atoms with Crippen LogP contribution in [0.15, 0.2) is 10.6 Å². The van der Waals surface area contributed by atoms with Crippen molar-refractivity contribution in [3.05, 3.63) is 11.8 Å². The highest BCUT2D eigenvalue weighted by Crippen LogP contribution is 2.16. The van der Waals surface area contributed by atoms with Crippen LogP contribution in [0.2, 0.25) is 0 Å². The highest BCUT2D eigenvalue weighted by molar-refractivity contribution is 5.91. The van der Waals surface area contributed by atoms with Crippen LogP contribution in [0.25, 0.3) is 0 Å². The largest absolute Gasteiger partial charge is 0.392 e. The molecule has 0 radical (unpaired) electrons. The lowest BCUT2D eigenvalue weighted by Gasteiger charge is -2.33. The highest BCUT2D eigenvalue weighted by Gasteiger charge is 2.25. The predicted octanol–water partition coefficient (Wildman–Crippen LogP) is 0.624. The fourth-order valence-corrected chi connectivity index (χ4v) is 2.07. The molecule has 0 aromatic carbocycles. The van der Waals surface area contributed by atoms with Gasteiger partial charge < -0.3 is 14.9 Å². The second-order valence-electron chi connectivity index (χ2n) is 4.94. The summed E-state index contributed by atoms with van der Waals surface area (Å²) in [6.45, 7) is 5.46. The molecule has 2 N–H and O–H groups in total. The van der Waals surface area contributed by atoms with E-state index in [0.717, 1.165) is 13.0 Å². The number of likely N-dealkylation sites (tertiary alicyclic amines) is 1. The molecule has 0 bridgehead atoms. The van der Waals surface area contributed by atoms with Gasteiger partial charge in [0.15, 0.2) is 5.82 Å². The summed E-state index contributed by atoms with van der Waals surface area (Å²) in [6, 6.07) is 1.67. The molecule has 2 heterocycles. The van der Waals surface area contributed by atoms with E-state index >= 15 is 0 Å². The molecule has 100 valence electrons. The van der Waals surface area contributed by atoms with Gasteiger partial charge in [-0.05, 0) is 25.8 Å². The smallest absolute Gasteiger partial charge is 0.239 e. The number of aliphatic hydroxyl groups excluding tert-OH is 1. The number of piperidine rings is 1. The zero-order valence-corrected chi connectivity index (χ0v) is 10.7. The third-order valence-corrected chi connectivity index (χ3v) is 3.27. The van der Waals surface area contributed by atoms with Crippen molar-refractivity contribution in [2.45, 2.75) is 26.4 Å². The van der Waals surface area contributed by atoms with E-state index in [2.05, 4.69) is 10.5 Å². The van der Waals surface area contributed by atoms with Crippen molar-refractivity contribution in [2.75, 3.05) is 25.0 Å². The van der Waals surface area contributed by atoms with Gasteiger partial charge in [-0.1, -0.05) is 12.1 Å². The standard InChI is InChI=1S/C12H19N3O3/c1-8-3-4-15(6-10(8)16)7-12(17)13-11-5-9(2)18-14-11/h5,8,10,16H,3-4,6-7H2,1-2H3,(H,13,14,17). The Kier molecular flexibility index (Phi) is 3.98. The van der Waals surface area contributed by atoms with Gasteiger partial charge in [0.2, 0.25) is 5.91 Å². The number of nitrogens with zero attached hydrogens (tertiary/aromatic N) is 2. The number of carbonyl (C=O) groups excluding carboxylic acids is 1. The summed E-state index contributed by atoms with van der Waals surface area (Å²) in [4.78, 5) is 13.7. The van der Waals surface area contributed by atoms with E-state index in [0.29, 0.717) is 24.0 Å². The summed E-state index contributed by atoms with van der Waals surface area (Å²) in [6.07, 6.45) is 0.568. The van der Waals surface area contributed by atoms with E-state index in [4.69, 9.17) is 4.52 Å². The number of amides is 1. The van der Waals surface area contributed by atoms with Gasteiger partial charge in [-0.2, -0.15) is 0 Å². The van der Waals surface area contributed by atoms with Crippen molar-refractivity contribution in [2.24, 2.45) is 5.92 Å². The lowest BCUT2D eigenvalue weighted by Crippen LogP contribution is -2.45. The molecular weight excluding hydrogens is 234 g/mol. The number of β-amino-alcohol motifs (C(OH)–C–C–N with tert-alkyl or cyclic N) is 1. The predicted molar refractivity (Wildman–Crippen MR) is 66.1 cm³/mol. The molecule has 1 fully saturated rings. The van der Waals surface area contributed by atoms with Crippen molar-refractivity contribution in [1.29, 1.82) is 0 Å². The van der Waals surface area contributed by atoms with Crippen LogP contribution in [0.5, 0.6) is 0 Å². The van der Waals surface area contributed by atoms with Gasteiger partial charge in [0.05, 0.1) is 12.6 Å². The Morgan fingerprint density at radius 3 is 3.11 bits per heavy atom. The number of aryl methyl sites for hydroxylation is 1. The van der Waals surface area contributed by atoms with Crippen LogP contribution in [0.1, 0.15) is 19.1 Å². The maximum absolute atomic E-state index is 11.8. The zero-order valence-electron chi connectivity index (χ0n) is 10.7. The minimum atomic E-state index is -0.346. The second-order valence-corrected chi connectivity index (χ2v) is 4.94. The summed E-state index contributed by atoms with van der Waals surface area (Å²) in [5.41, 5.74) is 0. The van der Waals surface area contributed by atoms with Crippen LogP contribution in [0.3, 0.4) is 0 Å². The number of carbonyl (C=O) groups is 1. The third kappa shape index (κ3) is 3.30. The Morgan fingerprint density at radius 2 is 2.50 bits per heavy atom. The molecule has 2 atom stereocenters. The van der Waals surface area contributed by atoms with Crippen molar-refractivity contribution in [3.63, 3.8) is 0 Å². The van der Waals surface area contributed by atoms with Gasteiger partial charge in [0.25, 0.3) is 0 Å². The number of hydrogen-bond donors (Lipinski definition) is 2. The van der Waals surface area contributed by atoms with Gasteiger partial charge in [-0.25, -0.2) is 0 Å². The number of hydrogen-bond acceptors (Lipinski definition) is 5. The maximum atomic E-state index is 11.8. The quantitative estimate of drug-likeness (QED) is 0.825. The van der Waals surface area contributed by atoms with Crippen molar-refractivity contribution >= 4 is 11.7 Å². The summed E-state index contributed by atoms with van der Waals surface area (Å²) in [5, 5.41) is 16.1. The first-order valence-electron chi connectivity index (χ1n) is 6.18. The third-order valence-electron chi connectivity index (χ3n) is 3.27. The summed E-state index contributed by atoms with van der Waals surface area (Å²) >= 11 is 0. The minimum Gasteiger partial charge on any atom is -0.392 e. The topological polar surface area (TPSA) is 78.6 Å². The van der Waals surface area contributed by atoms with Crippen LogP contribution in [-0.4, -0.2) is 46.8 Å². The van der Waals surface area contributed by atoms with Crippen LogP contribution < -0.4 is 5.32 Å². The lowest BCUT2D eigenvalue weighted by atomic mass is 9.96. The molecule has 0 aliphatic carbocycles. The van der Waals surface area contributed by atoms with Crippen LogP contribution in [-0.2, 0) is 4.79 Å². The molecule has 1 aliphatic heterocycles. The first-order valence-corrected chi connectivity index (χ1v) is 6.18. The molecule has 1 saturated heterocycles. The number of aromatic nitrogens is 1. The molecule has 0 saturated carbocycles. The number of anilines is 1. The summed E-state index contributed by atoms with van der Waals surface area (Å²) < 4.78 is 4.87. The average molecular weight is 253 g/mol. The Balaban J connectivity index is 1.81.